The molecule has 0 radical (unpaired) electrons. The molecule has 0 aliphatic carbocycles. The second-order valence-electron chi connectivity index (χ2n) is 2.95. The van der Waals surface area contributed by atoms with E-state index in [1.807, 2.05) is 0 Å². The van der Waals surface area contributed by atoms with Crippen LogP contribution in [0, 0.1) is 0 Å². The minimum absolute atomic E-state index is 0.270. The Kier molecular flexibility index (Phi) is 3.22. The maximum Gasteiger partial charge on any atom is 0.186 e. The number of methoxy groups -OCH3 is 1. The predicted octanol–water partition coefficient (Wildman–Crippen LogP) is 2.85. The molecule has 0 unspecified atom stereocenters. The maximum absolute atomic E-state index is 5.90. The second-order valence-corrected chi connectivity index (χ2v) is 3.77. The summed E-state index contributed by atoms with van der Waals surface area (Å²) in [5.74, 6) is 1.00. The van der Waals surface area contributed by atoms with Crippen molar-refractivity contribution in [2.45, 2.75) is 0 Å². The Morgan fingerprint density at radius 2 is 2.06 bits per heavy atom. The monoisotopic (exact) mass is 255 g/mol. The van der Waals surface area contributed by atoms with Crippen molar-refractivity contribution >= 4 is 23.2 Å². The molecule has 0 spiro atoms. The predicted molar refractivity (Wildman–Crippen MR) is 61.8 cm³/mol. The Morgan fingerprint density at radius 3 is 2.75 bits per heavy atom. The lowest BCUT2D eigenvalue weighted by Gasteiger charge is -2.06. The first-order valence-electron chi connectivity index (χ1n) is 4.40. The van der Waals surface area contributed by atoms with Gasteiger partial charge in [-0.15, -0.1) is 5.10 Å². The summed E-state index contributed by atoms with van der Waals surface area (Å²) in [5.41, 5.74) is 0.657. The van der Waals surface area contributed by atoms with Crippen LogP contribution >= 0.6 is 23.2 Å². The molecule has 16 heavy (non-hydrogen) atoms. The highest BCUT2D eigenvalue weighted by molar-refractivity contribution is 6.31. The fourth-order valence-electron chi connectivity index (χ4n) is 1.25. The Morgan fingerprint density at radius 1 is 1.25 bits per heavy atom. The van der Waals surface area contributed by atoms with Crippen molar-refractivity contribution in [2.75, 3.05) is 7.11 Å². The van der Waals surface area contributed by atoms with E-state index in [-0.39, 0.29) is 5.15 Å². The Bertz CT molecular complexity index is 519. The molecule has 1 aromatic heterocycles. The van der Waals surface area contributed by atoms with Crippen LogP contribution in [0.2, 0.25) is 10.2 Å². The fraction of sp³-hybridized carbons (Fsp3) is 0.100. The standard InChI is InChI=1S/C10H7Cl2N3O/c1-16-8-3-2-6(11)4-7(8)10-14-9(12)5-13-15-10/h2-5H,1H3. The van der Waals surface area contributed by atoms with Crippen LogP contribution in [-0.2, 0) is 0 Å². The first kappa shape index (κ1) is 11.1. The van der Waals surface area contributed by atoms with Crippen molar-refractivity contribution in [1.29, 1.82) is 0 Å². The lowest BCUT2D eigenvalue weighted by atomic mass is 10.2. The van der Waals surface area contributed by atoms with E-state index in [0.717, 1.165) is 0 Å². The number of benzene rings is 1. The van der Waals surface area contributed by atoms with Gasteiger partial charge in [0.1, 0.15) is 5.75 Å². The normalized spacial score (nSPS) is 10.2. The van der Waals surface area contributed by atoms with E-state index in [9.17, 15) is 0 Å². The van der Waals surface area contributed by atoms with E-state index >= 15 is 0 Å². The smallest absolute Gasteiger partial charge is 0.186 e. The van der Waals surface area contributed by atoms with E-state index in [1.165, 1.54) is 6.20 Å². The molecule has 0 amide bonds. The van der Waals surface area contributed by atoms with Gasteiger partial charge in [0.25, 0.3) is 0 Å². The third-order valence-corrected chi connectivity index (χ3v) is 2.35. The van der Waals surface area contributed by atoms with E-state index in [0.29, 0.717) is 22.2 Å². The van der Waals surface area contributed by atoms with Crippen molar-refractivity contribution in [3.05, 3.63) is 34.6 Å². The highest BCUT2D eigenvalue weighted by Gasteiger charge is 2.10. The van der Waals surface area contributed by atoms with Gasteiger partial charge in [0.05, 0.1) is 18.9 Å². The summed E-state index contributed by atoms with van der Waals surface area (Å²) < 4.78 is 5.19. The number of nitrogens with zero attached hydrogens (tertiary/aromatic N) is 3. The van der Waals surface area contributed by atoms with Gasteiger partial charge < -0.3 is 4.74 Å². The van der Waals surface area contributed by atoms with Crippen LogP contribution < -0.4 is 4.74 Å². The van der Waals surface area contributed by atoms with E-state index in [4.69, 9.17) is 27.9 Å². The molecule has 0 aliphatic heterocycles. The molecule has 1 aromatic carbocycles. The molecule has 2 aromatic rings. The highest BCUT2D eigenvalue weighted by atomic mass is 35.5. The third-order valence-electron chi connectivity index (χ3n) is 1.93. The topological polar surface area (TPSA) is 47.9 Å². The van der Waals surface area contributed by atoms with Crippen LogP contribution in [0.5, 0.6) is 5.75 Å². The molecule has 82 valence electrons. The molecule has 0 atom stereocenters. The van der Waals surface area contributed by atoms with E-state index < -0.39 is 0 Å². The molecule has 1 heterocycles. The van der Waals surface area contributed by atoms with Gasteiger partial charge >= 0.3 is 0 Å². The first-order valence-corrected chi connectivity index (χ1v) is 5.15. The summed E-state index contributed by atoms with van der Waals surface area (Å²) in [6.07, 6.45) is 1.36. The molecule has 0 saturated carbocycles. The summed E-state index contributed by atoms with van der Waals surface area (Å²) in [7, 11) is 1.56. The van der Waals surface area contributed by atoms with Crippen LogP contribution in [0.3, 0.4) is 0 Å². The zero-order valence-electron chi connectivity index (χ0n) is 8.32. The fourth-order valence-corrected chi connectivity index (χ4v) is 1.55. The largest absolute Gasteiger partial charge is 0.496 e. The van der Waals surface area contributed by atoms with Crippen LogP contribution in [0.25, 0.3) is 11.4 Å². The highest BCUT2D eigenvalue weighted by Crippen LogP contribution is 2.30. The van der Waals surface area contributed by atoms with Gasteiger partial charge in [-0.2, -0.15) is 5.10 Å². The minimum atomic E-state index is 0.270. The van der Waals surface area contributed by atoms with Crippen LogP contribution in [0.1, 0.15) is 0 Å². The number of hydrogen-bond acceptors (Lipinski definition) is 4. The van der Waals surface area contributed by atoms with Crippen molar-refractivity contribution in [3.8, 4) is 17.1 Å². The molecule has 6 heteroatoms. The van der Waals surface area contributed by atoms with Gasteiger partial charge in [-0.25, -0.2) is 4.98 Å². The molecular weight excluding hydrogens is 249 g/mol. The number of rotatable bonds is 2. The lowest BCUT2D eigenvalue weighted by molar-refractivity contribution is 0.416. The SMILES string of the molecule is COc1ccc(Cl)cc1-c1nncc(Cl)n1. The maximum atomic E-state index is 5.90. The summed E-state index contributed by atoms with van der Waals surface area (Å²) in [5, 5.41) is 8.44. The van der Waals surface area contributed by atoms with Crippen molar-refractivity contribution in [3.63, 3.8) is 0 Å². The minimum Gasteiger partial charge on any atom is -0.496 e. The third kappa shape index (κ3) is 2.23. The summed E-state index contributed by atoms with van der Waals surface area (Å²) in [4.78, 5) is 4.05. The van der Waals surface area contributed by atoms with Gasteiger partial charge in [-0.1, -0.05) is 23.2 Å². The van der Waals surface area contributed by atoms with E-state index in [2.05, 4.69) is 15.2 Å². The van der Waals surface area contributed by atoms with Gasteiger partial charge in [0, 0.05) is 5.02 Å². The zero-order chi connectivity index (χ0) is 11.5. The zero-order valence-corrected chi connectivity index (χ0v) is 9.83. The molecule has 2 rings (SSSR count). The first-order chi connectivity index (χ1) is 7.70. The van der Waals surface area contributed by atoms with Crippen molar-refractivity contribution < 1.29 is 4.74 Å². The Labute approximate surface area is 102 Å². The number of halogens is 2. The summed E-state index contributed by atoms with van der Waals surface area (Å²) >= 11 is 11.6. The van der Waals surface area contributed by atoms with Crippen LogP contribution in [0.4, 0.5) is 0 Å². The quantitative estimate of drug-likeness (QED) is 0.828. The molecule has 0 fully saturated rings. The molecule has 0 saturated heterocycles. The molecular formula is C10H7Cl2N3O. The summed E-state index contributed by atoms with van der Waals surface area (Å²) in [6, 6.07) is 5.16. The van der Waals surface area contributed by atoms with Gasteiger partial charge in [-0.05, 0) is 18.2 Å². The van der Waals surface area contributed by atoms with Crippen molar-refractivity contribution in [1.82, 2.24) is 15.2 Å². The van der Waals surface area contributed by atoms with Crippen molar-refractivity contribution in [2.24, 2.45) is 0 Å². The summed E-state index contributed by atoms with van der Waals surface area (Å²) in [6.45, 7) is 0. The second kappa shape index (κ2) is 4.63. The molecule has 0 N–H and O–H groups in total. The van der Waals surface area contributed by atoms with E-state index in [1.54, 1.807) is 25.3 Å². The van der Waals surface area contributed by atoms with Gasteiger partial charge in [0.2, 0.25) is 0 Å². The Balaban J connectivity index is 2.58. The average Bonchev–Trinajstić information content (AvgIpc) is 2.29. The molecule has 0 aliphatic rings. The average molecular weight is 256 g/mol. The molecule has 4 nitrogen and oxygen atoms in total. The van der Waals surface area contributed by atoms with Gasteiger partial charge in [0.15, 0.2) is 11.0 Å². The Hall–Kier alpha value is -1.39. The molecule has 0 bridgehead atoms. The van der Waals surface area contributed by atoms with Gasteiger partial charge in [-0.3, -0.25) is 0 Å². The number of ether oxygens (including phenoxy) is 1. The van der Waals surface area contributed by atoms with Crippen LogP contribution in [0.15, 0.2) is 24.4 Å². The number of aromatic nitrogens is 3. The lowest BCUT2D eigenvalue weighted by Crippen LogP contribution is -1.95. The number of hydrogen-bond donors (Lipinski definition) is 0. The van der Waals surface area contributed by atoms with Crippen LogP contribution in [-0.4, -0.2) is 22.3 Å².